The normalized spacial score (nSPS) is 14.9. The Hall–Kier alpha value is -1.19. The third kappa shape index (κ3) is 4.73. The van der Waals surface area contributed by atoms with Crippen molar-refractivity contribution in [2.24, 2.45) is 5.92 Å². The van der Waals surface area contributed by atoms with Gasteiger partial charge in [0, 0.05) is 11.7 Å². The summed E-state index contributed by atoms with van der Waals surface area (Å²) < 4.78 is 38.3. The van der Waals surface area contributed by atoms with Crippen LogP contribution >= 0.6 is 0 Å². The Morgan fingerprint density at radius 1 is 1.15 bits per heavy atom. The van der Waals surface area contributed by atoms with Crippen molar-refractivity contribution in [3.05, 3.63) is 29.3 Å². The molecular formula is C16H24F3N. The molecule has 1 aromatic carbocycles. The highest BCUT2D eigenvalue weighted by atomic mass is 19.4. The van der Waals surface area contributed by atoms with E-state index in [0.29, 0.717) is 11.6 Å². The molecule has 2 atom stereocenters. The first kappa shape index (κ1) is 16.9. The van der Waals surface area contributed by atoms with Crippen molar-refractivity contribution < 1.29 is 13.2 Å². The second-order valence-corrected chi connectivity index (χ2v) is 5.53. The zero-order valence-corrected chi connectivity index (χ0v) is 12.6. The van der Waals surface area contributed by atoms with Crippen molar-refractivity contribution >= 4 is 5.69 Å². The van der Waals surface area contributed by atoms with Gasteiger partial charge in [0.1, 0.15) is 0 Å². The molecular weight excluding hydrogens is 263 g/mol. The number of hydrogen-bond donors (Lipinski definition) is 1. The number of hydrogen-bond acceptors (Lipinski definition) is 1. The molecule has 20 heavy (non-hydrogen) atoms. The fraction of sp³-hybridized carbons (Fsp3) is 0.625. The van der Waals surface area contributed by atoms with Crippen molar-refractivity contribution in [2.75, 3.05) is 5.32 Å². The van der Waals surface area contributed by atoms with Crippen LogP contribution < -0.4 is 5.32 Å². The van der Waals surface area contributed by atoms with E-state index in [9.17, 15) is 13.2 Å². The van der Waals surface area contributed by atoms with E-state index in [1.165, 1.54) is 12.1 Å². The predicted molar refractivity (Wildman–Crippen MR) is 78.0 cm³/mol. The Labute approximate surface area is 119 Å². The van der Waals surface area contributed by atoms with E-state index in [4.69, 9.17) is 0 Å². The van der Waals surface area contributed by atoms with E-state index in [2.05, 4.69) is 26.1 Å². The highest BCUT2D eigenvalue weighted by molar-refractivity contribution is 5.53. The average Bonchev–Trinajstić information content (AvgIpc) is 2.38. The van der Waals surface area contributed by atoms with Gasteiger partial charge in [0.25, 0.3) is 0 Å². The summed E-state index contributed by atoms with van der Waals surface area (Å²) in [6.07, 6.45) is -1.33. The van der Waals surface area contributed by atoms with E-state index < -0.39 is 11.7 Å². The molecule has 0 spiro atoms. The number of nitrogens with one attached hydrogen (secondary N) is 1. The summed E-state index contributed by atoms with van der Waals surface area (Å²) in [5.74, 6) is 0.568. The van der Waals surface area contributed by atoms with Crippen molar-refractivity contribution in [2.45, 2.75) is 59.2 Å². The number of aryl methyl sites for hydroxylation is 1. The average molecular weight is 287 g/mol. The minimum absolute atomic E-state index is 0.215. The van der Waals surface area contributed by atoms with Crippen molar-refractivity contribution in [3.8, 4) is 0 Å². The van der Waals surface area contributed by atoms with E-state index in [-0.39, 0.29) is 6.04 Å². The first-order chi connectivity index (χ1) is 9.27. The van der Waals surface area contributed by atoms with Crippen LogP contribution in [0.25, 0.3) is 0 Å². The molecule has 0 saturated carbocycles. The summed E-state index contributed by atoms with van der Waals surface area (Å²) >= 11 is 0. The number of anilines is 1. The molecule has 1 N–H and O–H groups in total. The zero-order valence-electron chi connectivity index (χ0n) is 12.6. The molecule has 1 aromatic rings. The van der Waals surface area contributed by atoms with Crippen LogP contribution in [0.1, 0.15) is 51.2 Å². The second kappa shape index (κ2) is 7.00. The molecule has 0 aliphatic heterocycles. The molecule has 2 unspecified atom stereocenters. The fourth-order valence-electron chi connectivity index (χ4n) is 2.15. The SMILES string of the molecule is CCC(C)CC(CC)Nc1cc(C(F)(F)F)ccc1C. The van der Waals surface area contributed by atoms with Crippen molar-refractivity contribution in [1.82, 2.24) is 0 Å². The predicted octanol–water partition coefficient (Wildman–Crippen LogP) is 5.64. The van der Waals surface area contributed by atoms with Gasteiger partial charge >= 0.3 is 6.18 Å². The number of rotatable bonds is 6. The minimum atomic E-state index is -4.29. The largest absolute Gasteiger partial charge is 0.416 e. The third-order valence-electron chi connectivity index (χ3n) is 3.80. The van der Waals surface area contributed by atoms with Gasteiger partial charge in [-0.1, -0.05) is 33.3 Å². The monoisotopic (exact) mass is 287 g/mol. The molecule has 0 fully saturated rings. The van der Waals surface area contributed by atoms with Crippen LogP contribution in [0.2, 0.25) is 0 Å². The van der Waals surface area contributed by atoms with Crippen LogP contribution in [0.15, 0.2) is 18.2 Å². The topological polar surface area (TPSA) is 12.0 Å². The first-order valence-corrected chi connectivity index (χ1v) is 7.22. The van der Waals surface area contributed by atoms with Gasteiger partial charge in [-0.05, 0) is 43.4 Å². The van der Waals surface area contributed by atoms with Gasteiger partial charge in [-0.3, -0.25) is 0 Å². The minimum Gasteiger partial charge on any atom is -0.382 e. The van der Waals surface area contributed by atoms with E-state index >= 15 is 0 Å². The summed E-state index contributed by atoms with van der Waals surface area (Å²) in [6.45, 7) is 8.19. The van der Waals surface area contributed by atoms with E-state index in [1.54, 1.807) is 0 Å². The van der Waals surface area contributed by atoms with Gasteiger partial charge in [0.2, 0.25) is 0 Å². The van der Waals surface area contributed by atoms with Crippen LogP contribution in [-0.2, 0) is 6.18 Å². The van der Waals surface area contributed by atoms with Gasteiger partial charge in [-0.25, -0.2) is 0 Å². The standard InChI is InChI=1S/C16H24F3N/c1-5-11(3)9-14(6-2)20-15-10-13(16(17,18)19)8-7-12(15)4/h7-8,10-11,14,20H,5-6,9H2,1-4H3. The summed E-state index contributed by atoms with van der Waals surface area (Å²) in [7, 11) is 0. The molecule has 0 saturated heterocycles. The number of halogens is 3. The first-order valence-electron chi connectivity index (χ1n) is 7.22. The maximum absolute atomic E-state index is 12.8. The highest BCUT2D eigenvalue weighted by Gasteiger charge is 2.30. The lowest BCUT2D eigenvalue weighted by Crippen LogP contribution is -2.22. The Morgan fingerprint density at radius 2 is 1.80 bits per heavy atom. The lowest BCUT2D eigenvalue weighted by Gasteiger charge is -2.23. The Balaban J connectivity index is 2.89. The number of alkyl halides is 3. The molecule has 0 amide bonds. The fourth-order valence-corrected chi connectivity index (χ4v) is 2.15. The van der Waals surface area contributed by atoms with Gasteiger partial charge in [0.15, 0.2) is 0 Å². The maximum Gasteiger partial charge on any atom is 0.416 e. The molecule has 1 nitrogen and oxygen atoms in total. The van der Waals surface area contributed by atoms with Gasteiger partial charge in [0.05, 0.1) is 5.56 Å². The number of benzene rings is 1. The van der Waals surface area contributed by atoms with Crippen molar-refractivity contribution in [3.63, 3.8) is 0 Å². The van der Waals surface area contributed by atoms with E-state index in [0.717, 1.165) is 30.9 Å². The molecule has 0 aliphatic rings. The van der Waals surface area contributed by atoms with Crippen LogP contribution in [0.3, 0.4) is 0 Å². The molecule has 0 radical (unpaired) electrons. The molecule has 1 rings (SSSR count). The lowest BCUT2D eigenvalue weighted by molar-refractivity contribution is -0.137. The molecule has 0 bridgehead atoms. The Bertz CT molecular complexity index is 426. The van der Waals surface area contributed by atoms with Crippen LogP contribution in [0, 0.1) is 12.8 Å². The summed E-state index contributed by atoms with van der Waals surface area (Å²) in [4.78, 5) is 0. The van der Waals surface area contributed by atoms with Crippen molar-refractivity contribution in [1.29, 1.82) is 0 Å². The molecule has 0 heterocycles. The highest BCUT2D eigenvalue weighted by Crippen LogP contribution is 2.32. The van der Waals surface area contributed by atoms with Gasteiger partial charge in [-0.2, -0.15) is 13.2 Å². The molecule has 0 aliphatic carbocycles. The van der Waals surface area contributed by atoms with Gasteiger partial charge in [-0.15, -0.1) is 0 Å². The van der Waals surface area contributed by atoms with Crippen LogP contribution in [0.5, 0.6) is 0 Å². The lowest BCUT2D eigenvalue weighted by atomic mass is 9.97. The van der Waals surface area contributed by atoms with Crippen LogP contribution in [-0.4, -0.2) is 6.04 Å². The smallest absolute Gasteiger partial charge is 0.382 e. The van der Waals surface area contributed by atoms with E-state index in [1.807, 2.05) is 6.92 Å². The second-order valence-electron chi connectivity index (χ2n) is 5.53. The maximum atomic E-state index is 12.8. The zero-order chi connectivity index (χ0) is 15.3. The Morgan fingerprint density at radius 3 is 2.30 bits per heavy atom. The van der Waals surface area contributed by atoms with Crippen LogP contribution in [0.4, 0.5) is 18.9 Å². The summed E-state index contributed by atoms with van der Waals surface area (Å²) in [5, 5.41) is 3.27. The third-order valence-corrected chi connectivity index (χ3v) is 3.80. The molecule has 0 aromatic heterocycles. The summed E-state index contributed by atoms with van der Waals surface area (Å²) in [5.41, 5.74) is 0.847. The quantitative estimate of drug-likeness (QED) is 0.714. The molecule has 114 valence electrons. The Kier molecular flexibility index (Phi) is 5.90. The molecule has 4 heteroatoms. The summed E-state index contributed by atoms with van der Waals surface area (Å²) in [6, 6.07) is 4.10. The van der Waals surface area contributed by atoms with Gasteiger partial charge < -0.3 is 5.32 Å².